The topological polar surface area (TPSA) is 32.6 Å². The van der Waals surface area contributed by atoms with Crippen LogP contribution in [-0.2, 0) is 12.8 Å². The van der Waals surface area contributed by atoms with Gasteiger partial charge < -0.3 is 5.21 Å². The minimum atomic E-state index is 0.843. The Hall–Kier alpha value is -0.830. The summed E-state index contributed by atoms with van der Waals surface area (Å²) in [6.07, 6.45) is 2.81. The van der Waals surface area contributed by atoms with Crippen LogP contribution >= 0.6 is 11.3 Å². The zero-order valence-corrected chi connectivity index (χ0v) is 7.82. The number of hydrogen-bond acceptors (Lipinski definition) is 3. The predicted molar refractivity (Wildman–Crippen MR) is 50.3 cm³/mol. The minimum absolute atomic E-state index is 0.843. The highest BCUT2D eigenvalue weighted by Crippen LogP contribution is 2.27. The molecule has 3 heteroatoms. The number of thiophene rings is 1. The molecule has 1 aliphatic carbocycles. The van der Waals surface area contributed by atoms with Crippen LogP contribution in [-0.4, -0.2) is 10.9 Å². The van der Waals surface area contributed by atoms with Crippen molar-refractivity contribution in [1.29, 1.82) is 0 Å². The molecule has 1 aromatic rings. The molecule has 0 unspecified atom stereocenters. The van der Waals surface area contributed by atoms with Crippen LogP contribution in [0.4, 0.5) is 0 Å². The molecule has 0 amide bonds. The molecule has 1 N–H and O–H groups in total. The number of hydrogen-bond donors (Lipinski definition) is 1. The maximum Gasteiger partial charge on any atom is 0.0618 e. The lowest BCUT2D eigenvalue weighted by atomic mass is 9.93. The highest BCUT2D eigenvalue weighted by atomic mass is 32.1. The van der Waals surface area contributed by atoms with Gasteiger partial charge in [-0.2, -0.15) is 0 Å². The van der Waals surface area contributed by atoms with Crippen LogP contribution in [0.15, 0.2) is 10.5 Å². The summed E-state index contributed by atoms with van der Waals surface area (Å²) in [5.41, 5.74) is 3.75. The molecule has 0 radical (unpaired) electrons. The van der Waals surface area contributed by atoms with Gasteiger partial charge >= 0.3 is 0 Å². The zero-order valence-electron chi connectivity index (χ0n) is 7.00. The lowest BCUT2D eigenvalue weighted by Gasteiger charge is -2.12. The summed E-state index contributed by atoms with van der Waals surface area (Å²) in [5.74, 6) is 0. The molecule has 2 nitrogen and oxygen atoms in total. The highest BCUT2D eigenvalue weighted by Gasteiger charge is 2.17. The maximum atomic E-state index is 8.61. The van der Waals surface area contributed by atoms with Crippen LogP contribution in [0.1, 0.15) is 22.4 Å². The first-order chi connectivity index (χ1) is 5.81. The van der Waals surface area contributed by atoms with E-state index in [-0.39, 0.29) is 0 Å². The number of aryl methyl sites for hydroxylation is 1. The molecule has 0 fully saturated rings. The Morgan fingerprint density at radius 2 is 2.33 bits per heavy atom. The van der Waals surface area contributed by atoms with E-state index >= 15 is 0 Å². The standard InChI is InChI=1S/C9H11NOS/c1-6-9-3-2-8(10-11)4-7(9)5-12-6/h5,11H,2-4H2,1H3/b10-8+. The van der Waals surface area contributed by atoms with Gasteiger partial charge in [0.05, 0.1) is 5.71 Å². The first kappa shape index (κ1) is 7.80. The van der Waals surface area contributed by atoms with Crippen LogP contribution in [0.3, 0.4) is 0 Å². The molecular formula is C9H11NOS. The molecule has 0 aromatic carbocycles. The maximum absolute atomic E-state index is 8.61. The van der Waals surface area contributed by atoms with Crippen molar-refractivity contribution in [2.24, 2.45) is 5.16 Å². The van der Waals surface area contributed by atoms with Crippen molar-refractivity contribution < 1.29 is 5.21 Å². The van der Waals surface area contributed by atoms with Crippen LogP contribution in [0.2, 0.25) is 0 Å². The van der Waals surface area contributed by atoms with E-state index < -0.39 is 0 Å². The summed E-state index contributed by atoms with van der Waals surface area (Å²) in [5, 5.41) is 14.1. The molecule has 1 aromatic heterocycles. The van der Waals surface area contributed by atoms with Gasteiger partial charge in [0, 0.05) is 11.3 Å². The zero-order chi connectivity index (χ0) is 8.55. The molecule has 0 atom stereocenters. The van der Waals surface area contributed by atoms with Crippen molar-refractivity contribution >= 4 is 17.0 Å². The second-order valence-electron chi connectivity index (χ2n) is 3.14. The van der Waals surface area contributed by atoms with E-state index in [1.807, 2.05) is 0 Å². The van der Waals surface area contributed by atoms with Crippen LogP contribution < -0.4 is 0 Å². The summed E-state index contributed by atoms with van der Waals surface area (Å²) < 4.78 is 0. The minimum Gasteiger partial charge on any atom is -0.411 e. The molecule has 64 valence electrons. The van der Waals surface area contributed by atoms with Crippen molar-refractivity contribution in [3.8, 4) is 0 Å². The number of nitrogens with zero attached hydrogens (tertiary/aromatic N) is 1. The van der Waals surface area contributed by atoms with Crippen LogP contribution in [0.5, 0.6) is 0 Å². The first-order valence-electron chi connectivity index (χ1n) is 4.07. The van der Waals surface area contributed by atoms with Gasteiger partial charge in [-0.3, -0.25) is 0 Å². The van der Waals surface area contributed by atoms with E-state index in [0.29, 0.717) is 0 Å². The molecule has 1 heterocycles. The molecule has 2 rings (SSSR count). The van der Waals surface area contributed by atoms with E-state index in [4.69, 9.17) is 5.21 Å². The van der Waals surface area contributed by atoms with Gasteiger partial charge in [-0.25, -0.2) is 0 Å². The third-order valence-electron chi connectivity index (χ3n) is 2.39. The molecule has 0 saturated carbocycles. The average Bonchev–Trinajstić information content (AvgIpc) is 2.47. The third-order valence-corrected chi connectivity index (χ3v) is 3.39. The average molecular weight is 181 g/mol. The van der Waals surface area contributed by atoms with Gasteiger partial charge in [0.25, 0.3) is 0 Å². The highest BCUT2D eigenvalue weighted by molar-refractivity contribution is 7.10. The summed E-state index contributed by atoms with van der Waals surface area (Å²) in [6.45, 7) is 2.16. The Labute approximate surface area is 75.5 Å². The van der Waals surface area contributed by atoms with Crippen LogP contribution in [0.25, 0.3) is 0 Å². The van der Waals surface area contributed by atoms with Gasteiger partial charge in [0.2, 0.25) is 0 Å². The van der Waals surface area contributed by atoms with Gasteiger partial charge in [-0.05, 0) is 36.3 Å². The largest absolute Gasteiger partial charge is 0.411 e. The van der Waals surface area contributed by atoms with Gasteiger partial charge in [-0.1, -0.05) is 5.16 Å². The molecule has 1 aliphatic rings. The molecular weight excluding hydrogens is 170 g/mol. The summed E-state index contributed by atoms with van der Waals surface area (Å²) in [6, 6.07) is 0. The fourth-order valence-corrected chi connectivity index (χ4v) is 2.60. The lowest BCUT2D eigenvalue weighted by Crippen LogP contribution is -2.12. The lowest BCUT2D eigenvalue weighted by molar-refractivity contribution is 0.316. The molecule has 0 bridgehead atoms. The Bertz CT molecular complexity index is 327. The quantitative estimate of drug-likeness (QED) is 0.483. The Morgan fingerprint density at radius 1 is 1.50 bits per heavy atom. The SMILES string of the molecule is Cc1scc2c1CC/C(=N\O)C2. The monoisotopic (exact) mass is 181 g/mol. The predicted octanol–water partition coefficient (Wildman–Crippen LogP) is 2.38. The van der Waals surface area contributed by atoms with Crippen molar-refractivity contribution in [1.82, 2.24) is 0 Å². The van der Waals surface area contributed by atoms with E-state index in [0.717, 1.165) is 25.0 Å². The van der Waals surface area contributed by atoms with Gasteiger partial charge in [0.1, 0.15) is 0 Å². The first-order valence-corrected chi connectivity index (χ1v) is 4.95. The Balaban J connectivity index is 2.36. The number of oxime groups is 1. The second-order valence-corrected chi connectivity index (χ2v) is 4.22. The Kier molecular flexibility index (Phi) is 1.89. The summed E-state index contributed by atoms with van der Waals surface area (Å²) in [7, 11) is 0. The van der Waals surface area contributed by atoms with Crippen molar-refractivity contribution in [2.75, 3.05) is 0 Å². The van der Waals surface area contributed by atoms with Crippen molar-refractivity contribution in [2.45, 2.75) is 26.2 Å². The third kappa shape index (κ3) is 1.14. The van der Waals surface area contributed by atoms with Crippen molar-refractivity contribution in [3.05, 3.63) is 21.4 Å². The number of fused-ring (bicyclic) bond motifs is 1. The summed E-state index contributed by atoms with van der Waals surface area (Å²) >= 11 is 1.80. The fraction of sp³-hybridized carbons (Fsp3) is 0.444. The smallest absolute Gasteiger partial charge is 0.0618 e. The van der Waals surface area contributed by atoms with Crippen LogP contribution in [0, 0.1) is 6.92 Å². The van der Waals surface area contributed by atoms with E-state index in [1.54, 1.807) is 11.3 Å². The van der Waals surface area contributed by atoms with E-state index in [1.165, 1.54) is 16.0 Å². The second kappa shape index (κ2) is 2.90. The summed E-state index contributed by atoms with van der Waals surface area (Å²) in [4.78, 5) is 1.42. The Morgan fingerprint density at radius 3 is 3.08 bits per heavy atom. The van der Waals surface area contributed by atoms with E-state index in [2.05, 4.69) is 17.5 Å². The van der Waals surface area contributed by atoms with Crippen molar-refractivity contribution in [3.63, 3.8) is 0 Å². The molecule has 0 spiro atoms. The molecule has 0 saturated heterocycles. The fourth-order valence-electron chi connectivity index (χ4n) is 1.68. The molecule has 0 aliphatic heterocycles. The molecule has 12 heavy (non-hydrogen) atoms. The van der Waals surface area contributed by atoms with E-state index in [9.17, 15) is 0 Å². The van der Waals surface area contributed by atoms with Gasteiger partial charge in [-0.15, -0.1) is 11.3 Å². The van der Waals surface area contributed by atoms with Gasteiger partial charge in [0.15, 0.2) is 0 Å². The normalized spacial score (nSPS) is 19.6. The number of rotatable bonds is 0.